The third-order valence-corrected chi connectivity index (χ3v) is 9.72. The molecule has 0 aliphatic carbocycles. The smallest absolute Gasteiger partial charge is 0.347 e. The van der Waals surface area contributed by atoms with Gasteiger partial charge in [-0.25, -0.2) is 9.59 Å². The summed E-state index contributed by atoms with van der Waals surface area (Å²) >= 11 is 0. The molecule has 0 saturated carbocycles. The number of para-hydroxylation sites is 2. The van der Waals surface area contributed by atoms with Crippen LogP contribution in [0.2, 0.25) is 0 Å². The van der Waals surface area contributed by atoms with E-state index < -0.39 is 11.9 Å². The maximum absolute atomic E-state index is 12.9. The Labute approximate surface area is 308 Å². The normalized spacial score (nSPS) is 13.4. The quantitative estimate of drug-likeness (QED) is 0.101. The molecule has 5 aromatic carbocycles. The van der Waals surface area contributed by atoms with Gasteiger partial charge in [-0.2, -0.15) is 0 Å². The van der Waals surface area contributed by atoms with Gasteiger partial charge in [0.05, 0.1) is 5.69 Å². The Bertz CT molecular complexity index is 2220. The highest BCUT2D eigenvalue weighted by Gasteiger charge is 2.20. The van der Waals surface area contributed by atoms with E-state index >= 15 is 0 Å². The number of hydrogen-bond acceptors (Lipinski definition) is 8. The fraction of sp³-hybridized carbons (Fsp3) is 0.227. The predicted octanol–water partition coefficient (Wildman–Crippen LogP) is 8.77. The molecule has 0 spiro atoms. The Hall–Kier alpha value is -6.06. The molecule has 7 rings (SSSR count). The van der Waals surface area contributed by atoms with Crippen LogP contribution < -0.4 is 14.2 Å². The third-order valence-electron chi connectivity index (χ3n) is 9.72. The lowest BCUT2D eigenvalue weighted by molar-refractivity contribution is 0.0721. The fourth-order valence-electron chi connectivity index (χ4n) is 6.92. The summed E-state index contributed by atoms with van der Waals surface area (Å²) in [7, 11) is 0. The summed E-state index contributed by atoms with van der Waals surface area (Å²) in [5, 5.41) is 21.2. The minimum absolute atomic E-state index is 0.0835. The van der Waals surface area contributed by atoms with Crippen LogP contribution in [-0.2, 0) is 6.54 Å². The summed E-state index contributed by atoms with van der Waals surface area (Å²) in [6.45, 7) is 6.43. The lowest BCUT2D eigenvalue weighted by Gasteiger charge is -2.19. The highest BCUT2D eigenvalue weighted by atomic mass is 16.5. The van der Waals surface area contributed by atoms with Gasteiger partial charge in [0.2, 0.25) is 0 Å². The van der Waals surface area contributed by atoms with Crippen LogP contribution in [0.1, 0.15) is 57.5 Å². The highest BCUT2D eigenvalue weighted by Crippen LogP contribution is 2.37. The number of benzene rings is 5. The molecule has 0 bridgehead atoms. The number of rotatable bonds is 11. The Kier molecular flexibility index (Phi) is 10.7. The number of hydrogen-bond donors (Lipinski definition) is 2. The molecule has 53 heavy (non-hydrogen) atoms. The SMILES string of the molecule is Cc1c(-c2ccc(OC(=O)c3ccccc3O)cc2)n(Cc2ccc(OCCN3CCCCCC3)cc2)c2ccc(OC(=O)c3ccccc3O)cc12. The van der Waals surface area contributed by atoms with Crippen LogP contribution in [0.15, 0.2) is 115 Å². The minimum atomic E-state index is -0.651. The number of esters is 2. The zero-order valence-electron chi connectivity index (χ0n) is 29.7. The molecule has 6 aromatic rings. The molecule has 0 atom stereocenters. The molecular formula is C44H42N2O7. The monoisotopic (exact) mass is 710 g/mol. The van der Waals surface area contributed by atoms with E-state index in [0.29, 0.717) is 24.7 Å². The zero-order chi connectivity index (χ0) is 36.7. The van der Waals surface area contributed by atoms with E-state index in [2.05, 4.69) is 21.6 Å². The first kappa shape index (κ1) is 35.3. The Morgan fingerprint density at radius 1 is 0.660 bits per heavy atom. The molecule has 1 aromatic heterocycles. The summed E-state index contributed by atoms with van der Waals surface area (Å²) in [4.78, 5) is 28.2. The number of fused-ring (bicyclic) bond motifs is 1. The van der Waals surface area contributed by atoms with Crippen LogP contribution in [0, 0.1) is 6.92 Å². The Balaban J connectivity index is 1.15. The number of phenols is 2. The minimum Gasteiger partial charge on any atom is -0.507 e. The third kappa shape index (κ3) is 8.21. The van der Waals surface area contributed by atoms with E-state index in [1.165, 1.54) is 49.9 Å². The number of carbonyl (C=O) groups is 2. The number of aryl methyl sites for hydroxylation is 1. The standard InChI is InChI=1S/C44H42N2O7/c1-30-38-28-35(53-44(50)37-11-5-7-13-41(37)48)22-23-39(38)46(29-31-14-18-33(19-15-31)51-27-26-45-24-8-2-3-9-25-45)42(30)32-16-20-34(21-17-32)52-43(49)36-10-4-6-12-40(36)47/h4-7,10-23,28,47-48H,2-3,8-9,24-27,29H2,1H3. The van der Waals surface area contributed by atoms with Crippen molar-refractivity contribution in [2.45, 2.75) is 39.2 Å². The summed E-state index contributed by atoms with van der Waals surface area (Å²) < 4.78 is 19.6. The van der Waals surface area contributed by atoms with Crippen LogP contribution >= 0.6 is 0 Å². The van der Waals surface area contributed by atoms with Gasteiger partial charge in [-0.3, -0.25) is 4.90 Å². The second kappa shape index (κ2) is 16.1. The van der Waals surface area contributed by atoms with Gasteiger partial charge in [0.25, 0.3) is 0 Å². The highest BCUT2D eigenvalue weighted by molar-refractivity contribution is 5.96. The van der Waals surface area contributed by atoms with Crippen molar-refractivity contribution in [1.82, 2.24) is 9.47 Å². The molecule has 0 radical (unpaired) electrons. The van der Waals surface area contributed by atoms with Crippen LogP contribution in [0.3, 0.4) is 0 Å². The molecule has 1 saturated heterocycles. The van der Waals surface area contributed by atoms with Crippen molar-refractivity contribution in [3.05, 3.63) is 138 Å². The van der Waals surface area contributed by atoms with E-state index in [9.17, 15) is 19.8 Å². The van der Waals surface area contributed by atoms with Crippen LogP contribution in [0.5, 0.6) is 28.7 Å². The molecule has 9 nitrogen and oxygen atoms in total. The van der Waals surface area contributed by atoms with Crippen LogP contribution in [0.4, 0.5) is 0 Å². The van der Waals surface area contributed by atoms with Gasteiger partial charge in [0.15, 0.2) is 0 Å². The average Bonchev–Trinajstić information content (AvgIpc) is 3.29. The first-order valence-corrected chi connectivity index (χ1v) is 18.0. The summed E-state index contributed by atoms with van der Waals surface area (Å²) in [5.41, 5.74) is 4.98. The molecule has 1 aliphatic heterocycles. The van der Waals surface area contributed by atoms with E-state index in [1.54, 1.807) is 42.5 Å². The summed E-state index contributed by atoms with van der Waals surface area (Å²) in [6, 6.07) is 33.5. The van der Waals surface area contributed by atoms with Gasteiger partial charge < -0.3 is 29.0 Å². The first-order valence-electron chi connectivity index (χ1n) is 18.0. The van der Waals surface area contributed by atoms with Gasteiger partial charge in [-0.05, 0) is 128 Å². The molecule has 0 unspecified atom stereocenters. The van der Waals surface area contributed by atoms with Gasteiger partial charge in [0.1, 0.15) is 46.5 Å². The van der Waals surface area contributed by atoms with Gasteiger partial charge in [-0.15, -0.1) is 0 Å². The maximum Gasteiger partial charge on any atom is 0.347 e. The number of phenolic OH excluding ortho intramolecular Hbond substituents is 2. The lowest BCUT2D eigenvalue weighted by Crippen LogP contribution is -2.29. The number of aromatic nitrogens is 1. The van der Waals surface area contributed by atoms with Crippen molar-refractivity contribution < 1.29 is 34.0 Å². The number of carbonyl (C=O) groups excluding carboxylic acids is 2. The second-order valence-electron chi connectivity index (χ2n) is 13.3. The van der Waals surface area contributed by atoms with Crippen molar-refractivity contribution >= 4 is 22.8 Å². The molecule has 2 N–H and O–H groups in total. The van der Waals surface area contributed by atoms with Crippen molar-refractivity contribution in [3.8, 4) is 40.0 Å². The molecule has 2 heterocycles. The van der Waals surface area contributed by atoms with Gasteiger partial charge in [-0.1, -0.05) is 49.2 Å². The second-order valence-corrected chi connectivity index (χ2v) is 13.3. The van der Waals surface area contributed by atoms with Crippen LogP contribution in [0.25, 0.3) is 22.2 Å². The Morgan fingerprint density at radius 2 is 1.23 bits per heavy atom. The molecule has 9 heteroatoms. The topological polar surface area (TPSA) is 110 Å². The van der Waals surface area contributed by atoms with E-state index in [0.717, 1.165) is 58.7 Å². The molecule has 270 valence electrons. The fourth-order valence-corrected chi connectivity index (χ4v) is 6.92. The maximum atomic E-state index is 12.9. The number of likely N-dealkylation sites (tertiary alicyclic amines) is 1. The van der Waals surface area contributed by atoms with E-state index in [-0.39, 0.29) is 22.6 Å². The van der Waals surface area contributed by atoms with Crippen molar-refractivity contribution in [2.75, 3.05) is 26.2 Å². The molecule has 0 amide bonds. The van der Waals surface area contributed by atoms with Crippen molar-refractivity contribution in [2.24, 2.45) is 0 Å². The molecule has 1 fully saturated rings. The van der Waals surface area contributed by atoms with Crippen molar-refractivity contribution in [3.63, 3.8) is 0 Å². The summed E-state index contributed by atoms with van der Waals surface area (Å²) in [6.07, 6.45) is 5.14. The predicted molar refractivity (Wildman–Crippen MR) is 204 cm³/mol. The first-order chi connectivity index (χ1) is 25.8. The van der Waals surface area contributed by atoms with E-state index in [4.69, 9.17) is 14.2 Å². The summed E-state index contributed by atoms with van der Waals surface area (Å²) in [5.74, 6) is -0.0668. The number of ether oxygens (including phenoxy) is 3. The Morgan fingerprint density at radius 3 is 1.85 bits per heavy atom. The number of aromatic hydroxyl groups is 2. The molecule has 1 aliphatic rings. The van der Waals surface area contributed by atoms with E-state index in [1.807, 2.05) is 43.3 Å². The number of nitrogens with zero attached hydrogens (tertiary/aromatic N) is 2. The van der Waals surface area contributed by atoms with Gasteiger partial charge in [0, 0.05) is 24.0 Å². The lowest BCUT2D eigenvalue weighted by atomic mass is 10.1. The zero-order valence-corrected chi connectivity index (χ0v) is 29.7. The van der Waals surface area contributed by atoms with Crippen LogP contribution in [-0.4, -0.2) is 57.9 Å². The van der Waals surface area contributed by atoms with Gasteiger partial charge >= 0.3 is 11.9 Å². The van der Waals surface area contributed by atoms with Crippen molar-refractivity contribution in [1.29, 1.82) is 0 Å². The largest absolute Gasteiger partial charge is 0.507 e. The average molecular weight is 711 g/mol. The molecular weight excluding hydrogens is 668 g/mol.